The van der Waals surface area contributed by atoms with E-state index in [1.807, 2.05) is 0 Å². The van der Waals surface area contributed by atoms with Gasteiger partial charge in [-0.2, -0.15) is 0 Å². The highest BCUT2D eigenvalue weighted by Crippen LogP contribution is 2.08. The molecule has 0 bridgehead atoms. The average Bonchev–Trinajstić information content (AvgIpc) is 2.41. The normalized spacial score (nSPS) is 15.7. The van der Waals surface area contributed by atoms with Crippen molar-refractivity contribution < 1.29 is 54.9 Å². The topological polar surface area (TPSA) is 202 Å². The maximum atomic E-state index is 10.6. The molecule has 0 aliphatic carbocycles. The summed E-state index contributed by atoms with van der Waals surface area (Å²) in [4.78, 5) is 29.5. The van der Waals surface area contributed by atoms with E-state index in [1.165, 1.54) is 6.92 Å². The van der Waals surface area contributed by atoms with Gasteiger partial charge in [-0.25, -0.2) is 4.79 Å². The second-order valence-electron chi connectivity index (χ2n) is 3.91. The zero-order valence-electron chi connectivity index (χ0n) is 11.7. The van der Waals surface area contributed by atoms with Crippen molar-refractivity contribution in [2.24, 2.45) is 0 Å². The first kappa shape index (κ1) is 22.5. The number of carboxylic acid groups (broad SMARTS) is 3. The van der Waals surface area contributed by atoms with Crippen LogP contribution in [0, 0.1) is 0 Å². The molecule has 0 aromatic heterocycles. The third-order valence-corrected chi connectivity index (χ3v) is 2.13. The summed E-state index contributed by atoms with van der Waals surface area (Å²) in [5.41, 5.74) is 0. The number of aliphatic hydroxyl groups is 4. The number of rotatable bonds is 9. The quantitative estimate of drug-likeness (QED) is 0.214. The second-order valence-corrected chi connectivity index (χ2v) is 3.91. The highest BCUT2D eigenvalue weighted by Gasteiger charge is 2.35. The molecule has 11 heteroatoms. The van der Waals surface area contributed by atoms with Gasteiger partial charge in [0, 0.05) is 6.61 Å². The van der Waals surface area contributed by atoms with Gasteiger partial charge in [-0.1, -0.05) is 0 Å². The summed E-state index contributed by atoms with van der Waals surface area (Å²) in [6.45, 7) is 0.782. The fraction of sp³-hybridized carbons (Fsp3) is 0.727. The van der Waals surface area contributed by atoms with Crippen LogP contribution in [0.5, 0.6) is 0 Å². The lowest BCUT2D eigenvalue weighted by atomic mass is 10.0. The maximum Gasteiger partial charge on any atom is 0.335 e. The van der Waals surface area contributed by atoms with Gasteiger partial charge in [0.25, 0.3) is 0 Å². The van der Waals surface area contributed by atoms with Crippen molar-refractivity contribution in [1.82, 2.24) is 0 Å². The van der Waals surface area contributed by atoms with E-state index in [9.17, 15) is 24.6 Å². The molecule has 0 heterocycles. The summed E-state index contributed by atoms with van der Waals surface area (Å²) in [5, 5.41) is 60.1. The van der Waals surface area contributed by atoms with Crippen molar-refractivity contribution in [3.05, 3.63) is 0 Å². The summed E-state index contributed by atoms with van der Waals surface area (Å²) in [7, 11) is 0. The Bertz CT molecular complexity index is 344. The van der Waals surface area contributed by atoms with Gasteiger partial charge < -0.3 is 40.5 Å². The number of aliphatic hydroxyl groups excluding tert-OH is 4. The zero-order valence-corrected chi connectivity index (χ0v) is 11.7. The van der Waals surface area contributed by atoms with Crippen molar-refractivity contribution >= 4 is 17.9 Å². The van der Waals surface area contributed by atoms with Crippen LogP contribution in [0.2, 0.25) is 0 Å². The minimum absolute atomic E-state index is 0.0377. The molecule has 0 saturated heterocycles. The predicted octanol–water partition coefficient (Wildman–Crippen LogP) is -2.90. The minimum atomic E-state index is -1.80. The molecule has 0 aromatic carbocycles. The number of ether oxygens (including phenoxy) is 1. The summed E-state index contributed by atoms with van der Waals surface area (Å²) >= 11 is 0. The average molecular weight is 328 g/mol. The first-order chi connectivity index (χ1) is 10.1. The SMILES string of the molecule is CCO[C@@H](C(=O)O)[C@@H](O)[C@H](O)[C@H](O)CO.O=C(O)CC(=O)O. The molecule has 11 nitrogen and oxygen atoms in total. The Morgan fingerprint density at radius 1 is 0.955 bits per heavy atom. The van der Waals surface area contributed by atoms with E-state index < -0.39 is 55.4 Å². The zero-order chi connectivity index (χ0) is 17.9. The molecule has 0 rings (SSSR count). The monoisotopic (exact) mass is 328 g/mol. The molecule has 0 spiro atoms. The third kappa shape index (κ3) is 10.0. The van der Waals surface area contributed by atoms with Gasteiger partial charge >= 0.3 is 17.9 Å². The predicted molar refractivity (Wildman–Crippen MR) is 68.0 cm³/mol. The molecule has 0 amide bonds. The Morgan fingerprint density at radius 2 is 1.41 bits per heavy atom. The molecule has 7 N–H and O–H groups in total. The number of hydrogen-bond acceptors (Lipinski definition) is 8. The van der Waals surface area contributed by atoms with Crippen LogP contribution in [0.15, 0.2) is 0 Å². The Morgan fingerprint density at radius 3 is 1.64 bits per heavy atom. The molecule has 0 fully saturated rings. The van der Waals surface area contributed by atoms with Crippen LogP contribution >= 0.6 is 0 Å². The second kappa shape index (κ2) is 11.8. The standard InChI is InChI=1S/C8H16O7.C3H4O4/c1-2-15-7(8(13)14)6(12)5(11)4(10)3-9;4-2(5)1-3(6)7/h4-7,9-12H,2-3H2,1H3,(H,13,14);1H2,(H,4,5)(H,6,7)/t4-,5-,6+,7-;/m1./s1. The Labute approximate surface area is 125 Å². The van der Waals surface area contributed by atoms with Crippen molar-refractivity contribution in [3.8, 4) is 0 Å². The molecular weight excluding hydrogens is 308 g/mol. The van der Waals surface area contributed by atoms with Crippen molar-refractivity contribution in [2.75, 3.05) is 13.2 Å². The molecule has 0 unspecified atom stereocenters. The minimum Gasteiger partial charge on any atom is -0.481 e. The first-order valence-corrected chi connectivity index (χ1v) is 6.01. The van der Waals surface area contributed by atoms with Gasteiger partial charge in [0.15, 0.2) is 6.10 Å². The highest BCUT2D eigenvalue weighted by molar-refractivity contribution is 5.88. The van der Waals surface area contributed by atoms with E-state index in [-0.39, 0.29) is 6.61 Å². The van der Waals surface area contributed by atoms with E-state index in [4.69, 9.17) is 25.5 Å². The van der Waals surface area contributed by atoms with Gasteiger partial charge in [0.2, 0.25) is 0 Å². The molecule has 0 aliphatic heterocycles. The largest absolute Gasteiger partial charge is 0.481 e. The van der Waals surface area contributed by atoms with Gasteiger partial charge in [0.1, 0.15) is 24.7 Å². The van der Waals surface area contributed by atoms with Gasteiger partial charge in [0.05, 0.1) is 6.61 Å². The lowest BCUT2D eigenvalue weighted by Crippen LogP contribution is -2.49. The molecular formula is C11H20O11. The highest BCUT2D eigenvalue weighted by atomic mass is 16.5. The van der Waals surface area contributed by atoms with Crippen LogP contribution < -0.4 is 0 Å². The smallest absolute Gasteiger partial charge is 0.335 e. The van der Waals surface area contributed by atoms with E-state index >= 15 is 0 Å². The summed E-state index contributed by atoms with van der Waals surface area (Å²) in [6.07, 6.45) is -7.62. The molecule has 130 valence electrons. The van der Waals surface area contributed by atoms with E-state index in [2.05, 4.69) is 4.74 Å². The van der Waals surface area contributed by atoms with Crippen molar-refractivity contribution in [3.63, 3.8) is 0 Å². The first-order valence-electron chi connectivity index (χ1n) is 6.01. The Hall–Kier alpha value is -1.79. The van der Waals surface area contributed by atoms with Crippen LogP contribution in [-0.4, -0.2) is 91.3 Å². The van der Waals surface area contributed by atoms with E-state index in [0.717, 1.165) is 0 Å². The summed E-state index contributed by atoms with van der Waals surface area (Å²) < 4.78 is 4.68. The van der Waals surface area contributed by atoms with Gasteiger partial charge in [-0.15, -0.1) is 0 Å². The fourth-order valence-corrected chi connectivity index (χ4v) is 1.14. The Kier molecular flexibility index (Phi) is 12.1. The number of carboxylic acids is 3. The van der Waals surface area contributed by atoms with E-state index in [0.29, 0.717) is 0 Å². The molecule has 22 heavy (non-hydrogen) atoms. The third-order valence-electron chi connectivity index (χ3n) is 2.13. The molecule has 0 saturated carbocycles. The van der Waals surface area contributed by atoms with Crippen molar-refractivity contribution in [1.29, 1.82) is 0 Å². The van der Waals surface area contributed by atoms with Crippen LogP contribution in [0.3, 0.4) is 0 Å². The fourth-order valence-electron chi connectivity index (χ4n) is 1.14. The van der Waals surface area contributed by atoms with Crippen LogP contribution in [0.1, 0.15) is 13.3 Å². The van der Waals surface area contributed by atoms with Gasteiger partial charge in [-0.05, 0) is 6.92 Å². The maximum absolute atomic E-state index is 10.6. The van der Waals surface area contributed by atoms with Crippen molar-refractivity contribution in [2.45, 2.75) is 37.8 Å². The molecule has 4 atom stereocenters. The van der Waals surface area contributed by atoms with Crippen LogP contribution in [0.25, 0.3) is 0 Å². The Balaban J connectivity index is 0. The van der Waals surface area contributed by atoms with Gasteiger partial charge in [-0.3, -0.25) is 9.59 Å². The lowest BCUT2D eigenvalue weighted by Gasteiger charge is -2.25. The number of aliphatic carboxylic acids is 3. The number of hydrogen-bond donors (Lipinski definition) is 7. The van der Waals surface area contributed by atoms with Crippen LogP contribution in [-0.2, 0) is 19.1 Å². The lowest BCUT2D eigenvalue weighted by molar-refractivity contribution is -0.171. The summed E-state index contributed by atoms with van der Waals surface area (Å²) in [5.74, 6) is -4.08. The molecule has 0 radical (unpaired) electrons. The number of carbonyl (C=O) groups is 3. The van der Waals surface area contributed by atoms with E-state index in [1.54, 1.807) is 0 Å². The van der Waals surface area contributed by atoms with Crippen LogP contribution in [0.4, 0.5) is 0 Å². The molecule has 0 aliphatic rings. The summed E-state index contributed by atoms with van der Waals surface area (Å²) in [6, 6.07) is 0. The molecule has 0 aromatic rings.